The molecule has 1 spiro atoms. The normalized spacial score (nSPS) is 17.3. The van der Waals surface area contributed by atoms with E-state index in [1.165, 1.54) is 23.3 Å². The highest BCUT2D eigenvalue weighted by molar-refractivity contribution is 7.10. The Morgan fingerprint density at radius 3 is 2.18 bits per heavy atom. The second-order valence-electron chi connectivity index (χ2n) is 10.9. The molecule has 4 aromatic rings. The van der Waals surface area contributed by atoms with Crippen molar-refractivity contribution in [1.29, 1.82) is 0 Å². The Balaban J connectivity index is 1.01. The predicted octanol–water partition coefficient (Wildman–Crippen LogP) is 4.44. The molecule has 9 heteroatoms. The molecule has 0 aliphatic carbocycles. The first-order chi connectivity index (χ1) is 18.6. The van der Waals surface area contributed by atoms with Crippen molar-refractivity contribution in [2.75, 3.05) is 26.2 Å². The smallest absolute Gasteiger partial charge is 0.253 e. The molecule has 6 rings (SSSR count). The summed E-state index contributed by atoms with van der Waals surface area (Å²) in [6.45, 7) is 9.42. The Labute approximate surface area is 227 Å². The molecular weight excluding hydrogens is 494 g/mol. The van der Waals surface area contributed by atoms with Crippen LogP contribution in [0.2, 0.25) is 0 Å². The summed E-state index contributed by atoms with van der Waals surface area (Å²) in [5.41, 5.74) is 3.66. The van der Waals surface area contributed by atoms with Gasteiger partial charge in [0.25, 0.3) is 5.91 Å². The summed E-state index contributed by atoms with van der Waals surface area (Å²) in [6, 6.07) is 10.3. The molecule has 0 atom stereocenters. The van der Waals surface area contributed by atoms with E-state index in [2.05, 4.69) is 60.2 Å². The van der Waals surface area contributed by atoms with Crippen LogP contribution in [0.25, 0.3) is 0 Å². The van der Waals surface area contributed by atoms with Crippen molar-refractivity contribution in [2.45, 2.75) is 45.9 Å². The number of piperidine rings is 1. The highest BCUT2D eigenvalue weighted by Gasteiger charge is 2.46. The number of thiophene rings is 1. The third kappa shape index (κ3) is 5.60. The topological polar surface area (TPSA) is 84.2 Å². The Kier molecular flexibility index (Phi) is 7.14. The number of carbonyl (C=O) groups is 1. The Morgan fingerprint density at radius 1 is 0.974 bits per heavy atom. The number of hydrogen-bond acceptors (Lipinski definition) is 6. The van der Waals surface area contributed by atoms with E-state index in [0.29, 0.717) is 18.5 Å². The van der Waals surface area contributed by atoms with E-state index >= 15 is 0 Å². The van der Waals surface area contributed by atoms with Gasteiger partial charge >= 0.3 is 0 Å². The van der Waals surface area contributed by atoms with Crippen LogP contribution in [0, 0.1) is 12.3 Å². The van der Waals surface area contributed by atoms with E-state index in [0.717, 1.165) is 62.0 Å². The van der Waals surface area contributed by atoms with Gasteiger partial charge < -0.3 is 14.9 Å². The molecule has 5 heterocycles. The summed E-state index contributed by atoms with van der Waals surface area (Å²) in [4.78, 5) is 36.7. The number of hydrogen-bond donors (Lipinski definition) is 2. The van der Waals surface area contributed by atoms with Crippen LogP contribution >= 0.6 is 11.3 Å². The van der Waals surface area contributed by atoms with Gasteiger partial charge in [0.15, 0.2) is 0 Å². The first-order valence-electron chi connectivity index (χ1n) is 13.4. The Hall–Kier alpha value is -3.27. The number of aromatic amines is 2. The van der Waals surface area contributed by atoms with E-state index in [4.69, 9.17) is 0 Å². The average Bonchev–Trinajstić information content (AvgIpc) is 3.69. The number of amides is 1. The number of nitrogens with zero attached hydrogens (tertiary/aromatic N) is 5. The summed E-state index contributed by atoms with van der Waals surface area (Å²) >= 11 is 1.86. The number of aryl methyl sites for hydroxylation is 1. The number of benzene rings is 1. The van der Waals surface area contributed by atoms with Gasteiger partial charge in [-0.25, -0.2) is 9.97 Å². The quantitative estimate of drug-likeness (QED) is 0.335. The van der Waals surface area contributed by atoms with Crippen LogP contribution in [-0.2, 0) is 26.2 Å². The van der Waals surface area contributed by atoms with Crippen molar-refractivity contribution in [2.24, 2.45) is 5.41 Å². The van der Waals surface area contributed by atoms with Crippen LogP contribution in [0.3, 0.4) is 0 Å². The van der Waals surface area contributed by atoms with E-state index in [1.54, 1.807) is 12.4 Å². The molecule has 198 valence electrons. The number of carbonyl (C=O) groups excluding carboxylic acids is 1. The molecule has 1 aromatic carbocycles. The standard InChI is InChI=1S/C29H35N7OS/c1-22-6-15-38-25(22)17-34-13-7-29(8-14-34)20-36(21-29)28(37)24-4-2-23(3-5-24)16-35(18-26-30-9-10-31-26)19-27-32-11-12-33-27/h2-6,9-12,15H,7-8,13-14,16-21H2,1H3,(H,30,31)(H,32,33). The minimum atomic E-state index is 0.154. The van der Waals surface area contributed by atoms with Crippen molar-refractivity contribution in [3.8, 4) is 0 Å². The summed E-state index contributed by atoms with van der Waals surface area (Å²) < 4.78 is 0. The minimum Gasteiger partial charge on any atom is -0.348 e. The maximum Gasteiger partial charge on any atom is 0.253 e. The highest BCUT2D eigenvalue weighted by atomic mass is 32.1. The zero-order chi connectivity index (χ0) is 26.0. The lowest BCUT2D eigenvalue weighted by atomic mass is 9.71. The largest absolute Gasteiger partial charge is 0.348 e. The zero-order valence-corrected chi connectivity index (χ0v) is 22.7. The molecule has 0 unspecified atom stereocenters. The molecule has 8 nitrogen and oxygen atoms in total. The first kappa shape index (κ1) is 25.0. The van der Waals surface area contributed by atoms with Gasteiger partial charge in [-0.2, -0.15) is 0 Å². The van der Waals surface area contributed by atoms with Gasteiger partial charge in [-0.3, -0.25) is 14.6 Å². The van der Waals surface area contributed by atoms with E-state index in [9.17, 15) is 4.79 Å². The minimum absolute atomic E-state index is 0.154. The Bertz CT molecular complexity index is 1280. The number of aromatic nitrogens is 4. The molecule has 38 heavy (non-hydrogen) atoms. The maximum atomic E-state index is 13.2. The molecule has 0 radical (unpaired) electrons. The molecule has 2 aliphatic heterocycles. The second-order valence-corrected chi connectivity index (χ2v) is 11.9. The van der Waals surface area contributed by atoms with Crippen LogP contribution in [0.5, 0.6) is 0 Å². The van der Waals surface area contributed by atoms with Gasteiger partial charge in [0.1, 0.15) is 11.6 Å². The fraction of sp³-hybridized carbons (Fsp3) is 0.414. The third-order valence-electron chi connectivity index (χ3n) is 8.06. The molecule has 2 aliphatic rings. The van der Waals surface area contributed by atoms with Crippen molar-refractivity contribution in [3.63, 3.8) is 0 Å². The van der Waals surface area contributed by atoms with E-state index in [-0.39, 0.29) is 5.91 Å². The van der Waals surface area contributed by atoms with Gasteiger partial charge in [-0.05, 0) is 67.6 Å². The van der Waals surface area contributed by atoms with Gasteiger partial charge in [-0.15, -0.1) is 11.3 Å². The van der Waals surface area contributed by atoms with Crippen molar-refractivity contribution in [1.82, 2.24) is 34.6 Å². The monoisotopic (exact) mass is 529 g/mol. The van der Waals surface area contributed by atoms with Gasteiger partial charge in [-0.1, -0.05) is 12.1 Å². The van der Waals surface area contributed by atoms with Gasteiger partial charge in [0.2, 0.25) is 0 Å². The highest BCUT2D eigenvalue weighted by Crippen LogP contribution is 2.41. The van der Waals surface area contributed by atoms with Gasteiger partial charge in [0, 0.05) is 66.8 Å². The number of H-pyrrole nitrogens is 2. The van der Waals surface area contributed by atoms with Crippen molar-refractivity contribution in [3.05, 3.63) is 93.7 Å². The molecule has 0 bridgehead atoms. The fourth-order valence-electron chi connectivity index (χ4n) is 5.73. The fourth-order valence-corrected chi connectivity index (χ4v) is 6.68. The molecule has 3 aromatic heterocycles. The van der Waals surface area contributed by atoms with E-state index < -0.39 is 0 Å². The first-order valence-corrected chi connectivity index (χ1v) is 14.3. The molecule has 2 fully saturated rings. The molecule has 2 saturated heterocycles. The van der Waals surface area contributed by atoms with Crippen LogP contribution in [-0.4, -0.2) is 66.7 Å². The second kappa shape index (κ2) is 10.8. The zero-order valence-electron chi connectivity index (χ0n) is 21.9. The van der Waals surface area contributed by atoms with Crippen LogP contribution < -0.4 is 0 Å². The molecule has 0 saturated carbocycles. The molecular formula is C29H35N7OS. The van der Waals surface area contributed by atoms with Gasteiger partial charge in [0.05, 0.1) is 13.1 Å². The molecule has 1 amide bonds. The SMILES string of the molecule is Cc1ccsc1CN1CCC2(CC1)CN(C(=O)c1ccc(CN(Cc3ncc[nH]3)Cc3ncc[nH]3)cc1)C2. The summed E-state index contributed by atoms with van der Waals surface area (Å²) in [5, 5.41) is 2.19. The third-order valence-corrected chi connectivity index (χ3v) is 9.06. The number of nitrogens with one attached hydrogen (secondary N) is 2. The number of rotatable bonds is 9. The number of imidazole rings is 2. The molecule has 2 N–H and O–H groups in total. The lowest BCUT2D eigenvalue weighted by molar-refractivity contribution is -0.0335. The van der Waals surface area contributed by atoms with Crippen LogP contribution in [0.1, 0.15) is 50.9 Å². The number of likely N-dealkylation sites (tertiary alicyclic amines) is 2. The van der Waals surface area contributed by atoms with Crippen molar-refractivity contribution < 1.29 is 4.79 Å². The summed E-state index contributed by atoms with van der Waals surface area (Å²) in [5.74, 6) is 1.99. The van der Waals surface area contributed by atoms with Crippen LogP contribution in [0.4, 0.5) is 0 Å². The van der Waals surface area contributed by atoms with E-state index in [1.807, 2.05) is 40.8 Å². The Morgan fingerprint density at radius 2 is 1.63 bits per heavy atom. The summed E-state index contributed by atoms with van der Waals surface area (Å²) in [6.07, 6.45) is 9.60. The van der Waals surface area contributed by atoms with Crippen LogP contribution in [0.15, 0.2) is 60.5 Å². The maximum absolute atomic E-state index is 13.2. The lowest BCUT2D eigenvalue weighted by Crippen LogP contribution is -2.61. The lowest BCUT2D eigenvalue weighted by Gasteiger charge is -2.54. The predicted molar refractivity (Wildman–Crippen MR) is 148 cm³/mol. The van der Waals surface area contributed by atoms with Crippen molar-refractivity contribution >= 4 is 17.2 Å². The average molecular weight is 530 g/mol. The summed E-state index contributed by atoms with van der Waals surface area (Å²) in [7, 11) is 0.